The predicted molar refractivity (Wildman–Crippen MR) is 158 cm³/mol. The number of hydrogen-bond donors (Lipinski definition) is 1. The molecule has 1 N–H and O–H groups in total. The summed E-state index contributed by atoms with van der Waals surface area (Å²) < 4.78 is 2.37. The van der Waals surface area contributed by atoms with Crippen LogP contribution >= 0.6 is 0 Å². The van der Waals surface area contributed by atoms with Crippen LogP contribution in [-0.4, -0.2) is 28.5 Å². The van der Waals surface area contributed by atoms with Gasteiger partial charge in [-0.05, 0) is 90.6 Å². The summed E-state index contributed by atoms with van der Waals surface area (Å²) in [5, 5.41) is 12.1. The first kappa shape index (κ1) is 23.4. The van der Waals surface area contributed by atoms with Gasteiger partial charge < -0.3 is 10.0 Å². The average Bonchev–Trinajstić information content (AvgIpc) is 3.58. The molecule has 38 heavy (non-hydrogen) atoms. The quantitative estimate of drug-likeness (QED) is 0.290. The largest absolute Gasteiger partial charge is 0.392 e. The Morgan fingerprint density at radius 1 is 0.947 bits per heavy atom. The first-order chi connectivity index (χ1) is 18.5. The Kier molecular flexibility index (Phi) is 5.35. The van der Waals surface area contributed by atoms with Crippen molar-refractivity contribution in [1.82, 2.24) is 0 Å². The maximum Gasteiger partial charge on any atom is 0.210 e. The second kappa shape index (κ2) is 8.68. The Bertz CT molecular complexity index is 1630. The van der Waals surface area contributed by atoms with E-state index in [0.717, 1.165) is 5.56 Å². The van der Waals surface area contributed by atoms with Gasteiger partial charge >= 0.3 is 0 Å². The van der Waals surface area contributed by atoms with Crippen LogP contribution in [0.5, 0.6) is 0 Å². The SMILES string of the molecule is C[N+]1=C(/C=C/c2ccc3c(c2)C2CCCC2N3c2ccc(CO)cc2)C(C)(C)c2c1ccc1ccccc21. The molecule has 4 aromatic rings. The number of allylic oxidation sites excluding steroid dienone is 1. The van der Waals surface area contributed by atoms with Crippen molar-refractivity contribution in [1.29, 1.82) is 0 Å². The molecule has 0 aromatic heterocycles. The van der Waals surface area contributed by atoms with Crippen molar-refractivity contribution < 1.29 is 9.68 Å². The number of rotatable bonds is 4. The van der Waals surface area contributed by atoms with Gasteiger partial charge in [0.25, 0.3) is 0 Å². The first-order valence-corrected chi connectivity index (χ1v) is 13.9. The van der Waals surface area contributed by atoms with Crippen LogP contribution in [0, 0.1) is 0 Å². The smallest absolute Gasteiger partial charge is 0.210 e. The van der Waals surface area contributed by atoms with E-state index in [4.69, 9.17) is 0 Å². The van der Waals surface area contributed by atoms with Gasteiger partial charge in [-0.15, -0.1) is 0 Å². The Morgan fingerprint density at radius 3 is 2.58 bits per heavy atom. The first-order valence-electron chi connectivity index (χ1n) is 13.9. The van der Waals surface area contributed by atoms with E-state index in [-0.39, 0.29) is 12.0 Å². The van der Waals surface area contributed by atoms with Gasteiger partial charge in [-0.1, -0.05) is 48.9 Å². The normalized spacial score (nSPS) is 21.4. The summed E-state index contributed by atoms with van der Waals surface area (Å²) >= 11 is 0. The molecule has 3 heteroatoms. The van der Waals surface area contributed by atoms with E-state index >= 15 is 0 Å². The number of aliphatic hydroxyl groups excluding tert-OH is 1. The summed E-state index contributed by atoms with van der Waals surface area (Å²) in [6, 6.07) is 29.3. The van der Waals surface area contributed by atoms with Crippen molar-refractivity contribution in [3.63, 3.8) is 0 Å². The average molecular weight is 500 g/mol. The molecule has 0 saturated heterocycles. The molecular formula is C35H35N2O+. The second-order valence-electron chi connectivity index (χ2n) is 11.7. The van der Waals surface area contributed by atoms with Gasteiger partial charge in [-0.2, -0.15) is 4.58 Å². The molecule has 1 saturated carbocycles. The van der Waals surface area contributed by atoms with Crippen molar-refractivity contribution >= 4 is 39.6 Å². The van der Waals surface area contributed by atoms with E-state index in [1.807, 2.05) is 12.1 Å². The molecule has 0 radical (unpaired) electrons. The zero-order valence-electron chi connectivity index (χ0n) is 22.5. The Morgan fingerprint density at radius 2 is 1.76 bits per heavy atom. The Labute approximate surface area is 225 Å². The highest BCUT2D eigenvalue weighted by Crippen LogP contribution is 2.52. The molecule has 1 aliphatic carbocycles. The van der Waals surface area contributed by atoms with Crippen molar-refractivity contribution in [2.75, 3.05) is 11.9 Å². The van der Waals surface area contributed by atoms with Gasteiger partial charge in [0.05, 0.1) is 12.0 Å². The van der Waals surface area contributed by atoms with Crippen LogP contribution in [0.2, 0.25) is 0 Å². The third kappa shape index (κ3) is 3.41. The number of aliphatic hydroxyl groups is 1. The van der Waals surface area contributed by atoms with Crippen LogP contribution < -0.4 is 4.90 Å². The molecule has 2 unspecified atom stereocenters. The monoisotopic (exact) mass is 499 g/mol. The second-order valence-corrected chi connectivity index (χ2v) is 11.7. The summed E-state index contributed by atoms with van der Waals surface area (Å²) in [4.78, 5) is 2.55. The standard InChI is InChI=1S/C35H35N2O/c1-35(2)33(36(3)32-19-15-25-7-4-5-8-27(25)34(32)35)20-14-23-13-18-31-29(21-23)28-9-6-10-30(28)37(31)26-16-11-24(22-38)12-17-26/h4-5,7-8,11-21,28,30,38H,6,9-10,22H2,1-3H3/q+1. The van der Waals surface area contributed by atoms with Crippen molar-refractivity contribution in [3.8, 4) is 0 Å². The highest BCUT2D eigenvalue weighted by Gasteiger charge is 2.44. The zero-order chi connectivity index (χ0) is 26.0. The van der Waals surface area contributed by atoms with E-state index in [1.165, 1.54) is 69.5 Å². The van der Waals surface area contributed by atoms with Gasteiger partial charge in [0.1, 0.15) is 7.05 Å². The van der Waals surface area contributed by atoms with Gasteiger partial charge in [-0.25, -0.2) is 0 Å². The fourth-order valence-corrected chi connectivity index (χ4v) is 7.45. The van der Waals surface area contributed by atoms with Crippen LogP contribution in [0.1, 0.15) is 61.3 Å². The lowest BCUT2D eigenvalue weighted by Crippen LogP contribution is -2.26. The lowest BCUT2D eigenvalue weighted by Gasteiger charge is -2.27. The summed E-state index contributed by atoms with van der Waals surface area (Å²) in [5.74, 6) is 0.588. The van der Waals surface area contributed by atoms with Gasteiger partial charge in [-0.3, -0.25) is 0 Å². The molecule has 2 aliphatic heterocycles. The summed E-state index contributed by atoms with van der Waals surface area (Å²) in [6.07, 6.45) is 8.41. The molecule has 2 atom stereocenters. The molecule has 0 amide bonds. The van der Waals surface area contributed by atoms with Crippen molar-refractivity contribution in [2.24, 2.45) is 0 Å². The van der Waals surface area contributed by atoms with Gasteiger partial charge in [0, 0.05) is 41.0 Å². The van der Waals surface area contributed by atoms with E-state index < -0.39 is 0 Å². The predicted octanol–water partition coefficient (Wildman–Crippen LogP) is 7.84. The fourth-order valence-electron chi connectivity index (χ4n) is 7.45. The van der Waals surface area contributed by atoms with E-state index in [2.05, 4.69) is 109 Å². The highest BCUT2D eigenvalue weighted by molar-refractivity contribution is 6.09. The van der Waals surface area contributed by atoms with Gasteiger partial charge in [0.2, 0.25) is 5.69 Å². The van der Waals surface area contributed by atoms with Crippen molar-refractivity contribution in [2.45, 2.75) is 57.1 Å². The summed E-state index contributed by atoms with van der Waals surface area (Å²) in [6.45, 7) is 4.80. The minimum absolute atomic E-state index is 0.0771. The molecule has 0 spiro atoms. The van der Waals surface area contributed by atoms with E-state index in [1.54, 1.807) is 0 Å². The summed E-state index contributed by atoms with van der Waals surface area (Å²) in [7, 11) is 2.20. The van der Waals surface area contributed by atoms with Crippen LogP contribution in [0.15, 0.2) is 84.9 Å². The number of fused-ring (bicyclic) bond motifs is 6. The minimum atomic E-state index is -0.0771. The lowest BCUT2D eigenvalue weighted by atomic mass is 9.79. The van der Waals surface area contributed by atoms with E-state index in [9.17, 15) is 5.11 Å². The molecule has 190 valence electrons. The van der Waals surface area contributed by atoms with Gasteiger partial charge in [0.15, 0.2) is 5.71 Å². The minimum Gasteiger partial charge on any atom is -0.392 e. The van der Waals surface area contributed by atoms with E-state index in [0.29, 0.717) is 12.0 Å². The molecule has 2 heterocycles. The molecule has 7 rings (SSSR count). The Hall–Kier alpha value is -3.69. The van der Waals surface area contributed by atoms with Crippen LogP contribution in [0.25, 0.3) is 16.8 Å². The fraction of sp³-hybridized carbons (Fsp3) is 0.286. The Balaban J connectivity index is 1.24. The van der Waals surface area contributed by atoms with Crippen LogP contribution in [-0.2, 0) is 12.0 Å². The molecule has 3 nitrogen and oxygen atoms in total. The molecule has 4 aromatic carbocycles. The third-order valence-electron chi connectivity index (χ3n) is 9.25. The van der Waals surface area contributed by atoms with Crippen LogP contribution in [0.3, 0.4) is 0 Å². The molecule has 3 aliphatic rings. The number of anilines is 2. The molecule has 0 bridgehead atoms. The summed E-state index contributed by atoms with van der Waals surface area (Å²) in [5.41, 5.74) is 10.3. The molecular weight excluding hydrogens is 464 g/mol. The maximum absolute atomic E-state index is 9.48. The topological polar surface area (TPSA) is 26.5 Å². The number of hydrogen-bond acceptors (Lipinski definition) is 2. The molecule has 1 fully saturated rings. The lowest BCUT2D eigenvalue weighted by molar-refractivity contribution is -0.401. The third-order valence-corrected chi connectivity index (χ3v) is 9.25. The number of nitrogens with zero attached hydrogens (tertiary/aromatic N) is 2. The maximum atomic E-state index is 9.48. The van der Waals surface area contributed by atoms with Crippen molar-refractivity contribution in [3.05, 3.63) is 107 Å². The number of benzene rings is 4. The zero-order valence-corrected chi connectivity index (χ0v) is 22.5. The van der Waals surface area contributed by atoms with Crippen LogP contribution in [0.4, 0.5) is 17.1 Å². The highest BCUT2D eigenvalue weighted by atomic mass is 16.3.